The standard InChI is InChI=1S/C14H10INO2/c1-7-2-3-12-9(4-7)10-5-8(14(17)18)6-11(15)13(10)16-12/h2-6,16H,1H3,(H,17,18). The first-order chi connectivity index (χ1) is 8.56. The topological polar surface area (TPSA) is 53.1 Å². The van der Waals surface area contributed by atoms with E-state index in [1.165, 1.54) is 5.56 Å². The number of nitrogens with one attached hydrogen (secondary N) is 1. The summed E-state index contributed by atoms with van der Waals surface area (Å²) in [5, 5.41) is 11.2. The summed E-state index contributed by atoms with van der Waals surface area (Å²) >= 11 is 2.17. The second-order valence-electron chi connectivity index (χ2n) is 4.36. The summed E-state index contributed by atoms with van der Waals surface area (Å²) in [6.07, 6.45) is 0. The van der Waals surface area contributed by atoms with Crippen LogP contribution < -0.4 is 0 Å². The van der Waals surface area contributed by atoms with Gasteiger partial charge in [0.2, 0.25) is 0 Å². The van der Waals surface area contributed by atoms with Crippen molar-refractivity contribution in [2.24, 2.45) is 0 Å². The number of hydrogen-bond donors (Lipinski definition) is 2. The molecule has 0 amide bonds. The third kappa shape index (κ3) is 1.68. The molecule has 0 fully saturated rings. The van der Waals surface area contributed by atoms with E-state index in [0.717, 1.165) is 25.4 Å². The van der Waals surface area contributed by atoms with E-state index < -0.39 is 5.97 Å². The molecule has 0 saturated heterocycles. The van der Waals surface area contributed by atoms with Crippen molar-refractivity contribution < 1.29 is 9.90 Å². The Kier molecular flexibility index (Phi) is 2.55. The van der Waals surface area contributed by atoms with Gasteiger partial charge in [0.15, 0.2) is 0 Å². The fourth-order valence-electron chi connectivity index (χ4n) is 2.19. The Morgan fingerprint density at radius 2 is 2.00 bits per heavy atom. The van der Waals surface area contributed by atoms with Crippen molar-refractivity contribution in [3.63, 3.8) is 0 Å². The van der Waals surface area contributed by atoms with Crippen LogP contribution in [0.3, 0.4) is 0 Å². The van der Waals surface area contributed by atoms with Gasteiger partial charge in [-0.25, -0.2) is 4.79 Å². The maximum atomic E-state index is 11.1. The molecule has 3 rings (SSSR count). The van der Waals surface area contributed by atoms with Crippen LogP contribution in [-0.2, 0) is 0 Å². The highest BCUT2D eigenvalue weighted by Gasteiger charge is 2.12. The Labute approximate surface area is 117 Å². The second-order valence-corrected chi connectivity index (χ2v) is 5.52. The zero-order valence-corrected chi connectivity index (χ0v) is 11.8. The van der Waals surface area contributed by atoms with Gasteiger partial charge in [-0.3, -0.25) is 0 Å². The van der Waals surface area contributed by atoms with Gasteiger partial charge >= 0.3 is 5.97 Å². The molecule has 0 unspecified atom stereocenters. The number of halogens is 1. The van der Waals surface area contributed by atoms with Gasteiger partial charge in [0.05, 0.1) is 11.1 Å². The number of hydrogen-bond acceptors (Lipinski definition) is 1. The smallest absolute Gasteiger partial charge is 0.335 e. The molecule has 90 valence electrons. The first-order valence-corrected chi connectivity index (χ1v) is 6.59. The van der Waals surface area contributed by atoms with Gasteiger partial charge in [-0.15, -0.1) is 0 Å². The van der Waals surface area contributed by atoms with E-state index in [1.54, 1.807) is 12.1 Å². The van der Waals surface area contributed by atoms with Crippen LogP contribution in [0.1, 0.15) is 15.9 Å². The molecule has 0 aliphatic carbocycles. The molecule has 1 aromatic heterocycles. The number of carbonyl (C=O) groups is 1. The van der Waals surface area contributed by atoms with Crippen molar-refractivity contribution in [1.82, 2.24) is 4.98 Å². The molecule has 1 heterocycles. The zero-order valence-electron chi connectivity index (χ0n) is 9.62. The summed E-state index contributed by atoms with van der Waals surface area (Å²) in [5.41, 5.74) is 3.53. The predicted molar refractivity (Wildman–Crippen MR) is 80.2 cm³/mol. The lowest BCUT2D eigenvalue weighted by molar-refractivity contribution is 0.0697. The number of fused-ring (bicyclic) bond motifs is 3. The van der Waals surface area contributed by atoms with Crippen molar-refractivity contribution in [2.75, 3.05) is 0 Å². The molecule has 2 aromatic carbocycles. The van der Waals surface area contributed by atoms with Crippen molar-refractivity contribution in [3.05, 3.63) is 45.0 Å². The first kappa shape index (κ1) is 11.5. The van der Waals surface area contributed by atoms with Crippen molar-refractivity contribution in [1.29, 1.82) is 0 Å². The number of aromatic nitrogens is 1. The average molecular weight is 351 g/mol. The van der Waals surface area contributed by atoms with Crippen LogP contribution in [0.5, 0.6) is 0 Å². The van der Waals surface area contributed by atoms with Crippen molar-refractivity contribution >= 4 is 50.4 Å². The van der Waals surface area contributed by atoms with E-state index in [1.807, 2.05) is 19.1 Å². The number of carboxylic acids is 1. The molecule has 0 saturated carbocycles. The number of aryl methyl sites for hydroxylation is 1. The lowest BCUT2D eigenvalue weighted by Crippen LogP contribution is -1.96. The third-order valence-electron chi connectivity index (χ3n) is 3.06. The van der Waals surface area contributed by atoms with E-state index in [9.17, 15) is 4.79 Å². The molecule has 0 bridgehead atoms. The van der Waals surface area contributed by atoms with Crippen LogP contribution in [0.15, 0.2) is 30.3 Å². The summed E-state index contributed by atoms with van der Waals surface area (Å²) in [7, 11) is 0. The number of aromatic amines is 1. The SMILES string of the molecule is Cc1ccc2[nH]c3c(I)cc(C(=O)O)cc3c2c1. The van der Waals surface area contributed by atoms with Gasteiger partial charge in [0.25, 0.3) is 0 Å². The summed E-state index contributed by atoms with van der Waals surface area (Å²) < 4.78 is 0.927. The Morgan fingerprint density at radius 3 is 2.72 bits per heavy atom. The molecular formula is C14H10INO2. The van der Waals surface area contributed by atoms with E-state index in [-0.39, 0.29) is 0 Å². The number of aromatic carboxylic acids is 1. The quantitative estimate of drug-likeness (QED) is 0.653. The first-order valence-electron chi connectivity index (χ1n) is 5.51. The molecular weight excluding hydrogens is 341 g/mol. The molecule has 18 heavy (non-hydrogen) atoms. The van der Waals surface area contributed by atoms with Gasteiger partial charge in [-0.1, -0.05) is 11.6 Å². The molecule has 3 aromatic rings. The fourth-order valence-corrected chi connectivity index (χ4v) is 2.96. The van der Waals surface area contributed by atoms with E-state index in [4.69, 9.17) is 5.11 Å². The van der Waals surface area contributed by atoms with Crippen molar-refractivity contribution in [2.45, 2.75) is 6.92 Å². The minimum absolute atomic E-state index is 0.328. The van der Waals surface area contributed by atoms with Gasteiger partial charge in [0.1, 0.15) is 0 Å². The number of carboxylic acid groups (broad SMARTS) is 1. The Balaban J connectivity index is 2.49. The van der Waals surface area contributed by atoms with E-state index in [2.05, 4.69) is 33.6 Å². The number of benzene rings is 2. The van der Waals surface area contributed by atoms with Gasteiger partial charge in [0, 0.05) is 19.9 Å². The van der Waals surface area contributed by atoms with Gasteiger partial charge < -0.3 is 10.1 Å². The van der Waals surface area contributed by atoms with Gasteiger partial charge in [-0.2, -0.15) is 0 Å². The molecule has 0 aliphatic rings. The molecule has 4 heteroatoms. The summed E-state index contributed by atoms with van der Waals surface area (Å²) in [6, 6.07) is 9.57. The third-order valence-corrected chi connectivity index (χ3v) is 3.91. The molecule has 3 nitrogen and oxygen atoms in total. The molecule has 0 aliphatic heterocycles. The Bertz CT molecular complexity index is 789. The van der Waals surface area contributed by atoms with Crippen LogP contribution in [0, 0.1) is 10.5 Å². The predicted octanol–water partition coefficient (Wildman–Crippen LogP) is 3.93. The highest BCUT2D eigenvalue weighted by atomic mass is 127. The van der Waals surface area contributed by atoms with E-state index in [0.29, 0.717) is 5.56 Å². The molecule has 0 radical (unpaired) electrons. The van der Waals surface area contributed by atoms with Gasteiger partial charge in [-0.05, 0) is 53.8 Å². The van der Waals surface area contributed by atoms with Crippen LogP contribution >= 0.6 is 22.6 Å². The van der Waals surface area contributed by atoms with Crippen molar-refractivity contribution in [3.8, 4) is 0 Å². The highest BCUT2D eigenvalue weighted by Crippen LogP contribution is 2.30. The fraction of sp³-hybridized carbons (Fsp3) is 0.0714. The minimum Gasteiger partial charge on any atom is -0.478 e. The molecule has 2 N–H and O–H groups in total. The van der Waals surface area contributed by atoms with Crippen LogP contribution in [0.2, 0.25) is 0 Å². The van der Waals surface area contributed by atoms with Crippen LogP contribution in [-0.4, -0.2) is 16.1 Å². The highest BCUT2D eigenvalue weighted by molar-refractivity contribution is 14.1. The summed E-state index contributed by atoms with van der Waals surface area (Å²) in [5.74, 6) is -0.892. The monoisotopic (exact) mass is 351 g/mol. The average Bonchev–Trinajstić information content (AvgIpc) is 2.68. The summed E-state index contributed by atoms with van der Waals surface area (Å²) in [4.78, 5) is 14.4. The Morgan fingerprint density at radius 1 is 1.22 bits per heavy atom. The minimum atomic E-state index is -0.892. The maximum Gasteiger partial charge on any atom is 0.335 e. The molecule has 0 spiro atoms. The Hall–Kier alpha value is -1.56. The zero-order chi connectivity index (χ0) is 12.9. The lowest BCUT2D eigenvalue weighted by atomic mass is 10.1. The maximum absolute atomic E-state index is 11.1. The summed E-state index contributed by atoms with van der Waals surface area (Å²) in [6.45, 7) is 2.03. The largest absolute Gasteiger partial charge is 0.478 e. The van der Waals surface area contributed by atoms with E-state index >= 15 is 0 Å². The van der Waals surface area contributed by atoms with Crippen LogP contribution in [0.4, 0.5) is 0 Å². The molecule has 0 atom stereocenters. The lowest BCUT2D eigenvalue weighted by Gasteiger charge is -1.99. The normalized spacial score (nSPS) is 11.2. The number of H-pyrrole nitrogens is 1. The number of rotatable bonds is 1. The van der Waals surface area contributed by atoms with Crippen LogP contribution in [0.25, 0.3) is 21.8 Å². The second kappa shape index (κ2) is 3.98.